The molecule has 4 fully saturated rings. The zero-order chi connectivity index (χ0) is 19.0. The van der Waals surface area contributed by atoms with Gasteiger partial charge >= 0.3 is 0 Å². The molecule has 0 saturated heterocycles. The van der Waals surface area contributed by atoms with Crippen LogP contribution in [0, 0.1) is 40.4 Å². The average Bonchev–Trinajstić information content (AvgIpc) is 2.96. The molecule has 0 amide bonds. The number of ketones is 3. The lowest BCUT2D eigenvalue weighted by Gasteiger charge is -2.59. The van der Waals surface area contributed by atoms with Crippen LogP contribution in [-0.4, -0.2) is 33.7 Å². The third-order valence-corrected chi connectivity index (χ3v) is 8.97. The number of aliphatic hydroxyl groups excluding tert-OH is 1. The molecule has 0 spiro atoms. The van der Waals surface area contributed by atoms with E-state index in [9.17, 15) is 24.3 Å². The van der Waals surface area contributed by atoms with E-state index >= 15 is 0 Å². The predicted molar refractivity (Wildman–Crippen MR) is 96.4 cm³/mol. The van der Waals surface area contributed by atoms with Gasteiger partial charge in [-0.25, -0.2) is 0 Å². The van der Waals surface area contributed by atoms with Crippen molar-refractivity contribution in [3.8, 4) is 0 Å². The lowest BCUT2D eigenvalue weighted by molar-refractivity contribution is -0.178. The van der Waals surface area contributed by atoms with Gasteiger partial charge in [0.1, 0.15) is 6.10 Å². The van der Waals surface area contributed by atoms with Crippen LogP contribution >= 0.6 is 12.6 Å². The normalized spacial score (nSPS) is 50.8. The molecule has 26 heavy (non-hydrogen) atoms. The number of hydrogen-bond acceptors (Lipinski definition) is 5. The lowest BCUT2D eigenvalue weighted by Crippen LogP contribution is -2.64. The van der Waals surface area contributed by atoms with Gasteiger partial charge in [-0.2, -0.15) is 0 Å². The molecule has 142 valence electrons. The first-order valence-electron chi connectivity index (χ1n) is 9.68. The Balaban J connectivity index is 1.72. The van der Waals surface area contributed by atoms with E-state index in [1.807, 2.05) is 0 Å². The second kappa shape index (κ2) is 5.74. The van der Waals surface area contributed by atoms with Crippen molar-refractivity contribution in [2.24, 2.45) is 40.4 Å². The fourth-order valence-electron chi connectivity index (χ4n) is 7.28. The molecular weight excluding hydrogens is 352 g/mol. The number of fused-ring (bicyclic) bond motifs is 5. The van der Waals surface area contributed by atoms with E-state index in [0.29, 0.717) is 12.3 Å². The standard InChI is InChI=1S/C20H26O5S/c1-19-8-7-11-9(10(19)5-6-13(19)18(25)26)3-4-12-14(21)15(22)16(23)17(24)20(11,12)2/h9-14,21H,3-8H2,1-2H3,(H,25,26)/t9-,10-,11-,12?,13-,14?,19-,20+/m0/s1. The number of aliphatic hydroxyl groups is 1. The molecule has 4 rings (SSSR count). The van der Waals surface area contributed by atoms with Crippen LogP contribution < -0.4 is 0 Å². The molecule has 8 atom stereocenters. The Labute approximate surface area is 158 Å². The predicted octanol–water partition coefficient (Wildman–Crippen LogP) is 2.00. The summed E-state index contributed by atoms with van der Waals surface area (Å²) in [4.78, 5) is 49.1. The summed E-state index contributed by atoms with van der Waals surface area (Å²) < 4.78 is 0. The van der Waals surface area contributed by atoms with Crippen LogP contribution in [0.4, 0.5) is 0 Å². The van der Waals surface area contributed by atoms with Crippen molar-refractivity contribution in [2.75, 3.05) is 0 Å². The van der Waals surface area contributed by atoms with Crippen LogP contribution in [0.3, 0.4) is 0 Å². The van der Waals surface area contributed by atoms with Crippen LogP contribution in [0.1, 0.15) is 52.4 Å². The van der Waals surface area contributed by atoms with Gasteiger partial charge in [0.15, 0.2) is 5.12 Å². The third-order valence-electron chi connectivity index (χ3n) is 8.66. The zero-order valence-electron chi connectivity index (χ0n) is 15.2. The monoisotopic (exact) mass is 378 g/mol. The highest BCUT2D eigenvalue weighted by Crippen LogP contribution is 2.66. The van der Waals surface area contributed by atoms with Gasteiger partial charge in [-0.1, -0.05) is 13.8 Å². The SMILES string of the molecule is C[C@]12CC[C@H]3[C@@H](CCC4C(O)C(=O)C(=O)C(=O)[C@@]43C)[C@@H]1CC[C@H]2C(=O)S. The van der Waals surface area contributed by atoms with Crippen LogP contribution in [0.15, 0.2) is 0 Å². The number of Topliss-reactive ketones (excluding diaryl/α,β-unsaturated/α-hetero) is 3. The highest BCUT2D eigenvalue weighted by atomic mass is 32.1. The van der Waals surface area contributed by atoms with Crippen LogP contribution in [0.2, 0.25) is 0 Å². The summed E-state index contributed by atoms with van der Waals surface area (Å²) in [7, 11) is 0. The van der Waals surface area contributed by atoms with E-state index in [4.69, 9.17) is 0 Å². The van der Waals surface area contributed by atoms with E-state index in [1.54, 1.807) is 6.92 Å². The van der Waals surface area contributed by atoms with Crippen LogP contribution in [-0.2, 0) is 19.2 Å². The molecule has 0 heterocycles. The van der Waals surface area contributed by atoms with Crippen molar-refractivity contribution >= 4 is 35.1 Å². The smallest absolute Gasteiger partial charge is 0.267 e. The minimum atomic E-state index is -1.35. The molecule has 0 radical (unpaired) electrons. The lowest BCUT2D eigenvalue weighted by atomic mass is 9.44. The van der Waals surface area contributed by atoms with Crippen LogP contribution in [0.25, 0.3) is 0 Å². The van der Waals surface area contributed by atoms with Crippen molar-refractivity contribution < 1.29 is 24.3 Å². The quantitative estimate of drug-likeness (QED) is 0.538. The van der Waals surface area contributed by atoms with Gasteiger partial charge in [-0.15, -0.1) is 12.6 Å². The minimum Gasteiger partial charge on any atom is -0.384 e. The molecule has 5 nitrogen and oxygen atoms in total. The van der Waals surface area contributed by atoms with E-state index in [-0.39, 0.29) is 28.3 Å². The molecule has 0 aliphatic heterocycles. The molecular formula is C20H26O5S. The molecule has 2 unspecified atom stereocenters. The van der Waals surface area contributed by atoms with Gasteiger partial charge < -0.3 is 5.11 Å². The summed E-state index contributed by atoms with van der Waals surface area (Å²) in [6.07, 6.45) is 3.42. The summed E-state index contributed by atoms with van der Waals surface area (Å²) in [5.74, 6) is -2.49. The van der Waals surface area contributed by atoms with Gasteiger partial charge in [0.25, 0.3) is 5.78 Å². The number of thiol groups is 1. The highest BCUT2D eigenvalue weighted by Gasteiger charge is 2.66. The molecule has 6 heteroatoms. The molecule has 0 aromatic carbocycles. The van der Waals surface area contributed by atoms with E-state index in [0.717, 1.165) is 32.1 Å². The molecule has 1 N–H and O–H groups in total. The Kier molecular flexibility index (Phi) is 4.05. The topological polar surface area (TPSA) is 88.5 Å². The second-order valence-electron chi connectivity index (χ2n) is 9.32. The van der Waals surface area contributed by atoms with Gasteiger partial charge in [-0.05, 0) is 61.7 Å². The van der Waals surface area contributed by atoms with Gasteiger partial charge in [-0.3, -0.25) is 19.2 Å². The summed E-state index contributed by atoms with van der Waals surface area (Å²) >= 11 is 4.11. The van der Waals surface area contributed by atoms with E-state index < -0.39 is 34.8 Å². The van der Waals surface area contributed by atoms with Crippen molar-refractivity contribution in [3.05, 3.63) is 0 Å². The van der Waals surface area contributed by atoms with Crippen molar-refractivity contribution in [1.82, 2.24) is 0 Å². The molecule has 4 aliphatic carbocycles. The van der Waals surface area contributed by atoms with Gasteiger partial charge in [0.05, 0.1) is 0 Å². The van der Waals surface area contributed by atoms with Crippen molar-refractivity contribution in [2.45, 2.75) is 58.5 Å². The Morgan fingerprint density at radius 1 is 1.00 bits per heavy atom. The summed E-state index contributed by atoms with van der Waals surface area (Å²) in [6.45, 7) is 3.98. The Hall–Kier alpha value is -1.01. The Bertz CT molecular complexity index is 717. The maximum Gasteiger partial charge on any atom is 0.267 e. The fraction of sp³-hybridized carbons (Fsp3) is 0.800. The highest BCUT2D eigenvalue weighted by molar-refractivity contribution is 7.96. The minimum absolute atomic E-state index is 0.00713. The van der Waals surface area contributed by atoms with Gasteiger partial charge in [0, 0.05) is 17.3 Å². The molecule has 4 aliphatic rings. The summed E-state index contributed by atoms with van der Waals surface area (Å²) in [6, 6.07) is 0. The largest absolute Gasteiger partial charge is 0.384 e. The third kappa shape index (κ3) is 2.09. The number of carbonyl (C=O) groups excluding carboxylic acids is 4. The first-order chi connectivity index (χ1) is 12.1. The Morgan fingerprint density at radius 2 is 1.65 bits per heavy atom. The summed E-state index contributed by atoms with van der Waals surface area (Å²) in [5, 5.41) is 10.3. The maximum atomic E-state index is 12.9. The number of hydrogen-bond donors (Lipinski definition) is 2. The Morgan fingerprint density at radius 3 is 2.31 bits per heavy atom. The zero-order valence-corrected chi connectivity index (χ0v) is 16.1. The molecule has 0 aromatic rings. The van der Waals surface area contributed by atoms with Gasteiger partial charge in [0.2, 0.25) is 11.6 Å². The van der Waals surface area contributed by atoms with Crippen molar-refractivity contribution in [3.63, 3.8) is 0 Å². The molecule has 0 bridgehead atoms. The van der Waals surface area contributed by atoms with E-state index in [2.05, 4.69) is 19.6 Å². The molecule has 4 saturated carbocycles. The maximum absolute atomic E-state index is 12.9. The first kappa shape index (κ1) is 18.4. The average molecular weight is 378 g/mol. The molecule has 0 aromatic heterocycles. The second-order valence-corrected chi connectivity index (χ2v) is 9.76. The number of rotatable bonds is 1. The summed E-state index contributed by atoms with van der Waals surface area (Å²) in [5.41, 5.74) is -1.06. The number of carbonyl (C=O) groups is 4. The van der Waals surface area contributed by atoms with Crippen LogP contribution in [0.5, 0.6) is 0 Å². The first-order valence-corrected chi connectivity index (χ1v) is 10.1. The fourth-order valence-corrected chi connectivity index (χ4v) is 7.71. The van der Waals surface area contributed by atoms with E-state index in [1.165, 1.54) is 0 Å². The van der Waals surface area contributed by atoms with Crippen molar-refractivity contribution in [1.29, 1.82) is 0 Å².